The van der Waals surface area contributed by atoms with Crippen LogP contribution >= 0.6 is 7.82 Å². The zero-order valence-corrected chi connectivity index (χ0v) is 17.7. The average Bonchev–Trinajstić information content (AvgIpc) is 2.58. The van der Waals surface area contributed by atoms with E-state index in [9.17, 15) is 9.36 Å². The summed E-state index contributed by atoms with van der Waals surface area (Å²) < 4.78 is 21.5. The van der Waals surface area contributed by atoms with Crippen LogP contribution in [0.4, 0.5) is 0 Å². The first kappa shape index (κ1) is 25.3. The first-order chi connectivity index (χ1) is 12.1. The maximum absolute atomic E-state index is 11.4. The molecule has 1 atom stereocenters. The van der Waals surface area contributed by atoms with E-state index in [1.807, 2.05) is 0 Å². The van der Waals surface area contributed by atoms with Crippen LogP contribution in [0.3, 0.4) is 0 Å². The zero-order valence-electron chi connectivity index (χ0n) is 16.8. The van der Waals surface area contributed by atoms with E-state index < -0.39 is 7.82 Å². The van der Waals surface area contributed by atoms with Crippen molar-refractivity contribution in [3.8, 4) is 0 Å². The molecule has 8 heteroatoms. The minimum atomic E-state index is -4.40. The van der Waals surface area contributed by atoms with Crippen LogP contribution in [0.2, 0.25) is 0 Å². The maximum atomic E-state index is 11.4. The van der Waals surface area contributed by atoms with Crippen LogP contribution in [-0.2, 0) is 18.6 Å². The molecule has 154 valence electrons. The third-order valence-electron chi connectivity index (χ3n) is 5.12. The standard InChI is InChI=1S/C18H36NO6P/c1-6-19(7-2,8-3)17(13-11-15-25-26(21,22)23)12-9-10-14-24-18(20)16(4)5/h17H,4,6-15H2,1-3,5H3,(H-,21,22,23)/p+1. The lowest BCUT2D eigenvalue weighted by atomic mass is 9.99. The van der Waals surface area contributed by atoms with Crippen molar-refractivity contribution in [3.05, 3.63) is 12.2 Å². The molecule has 0 aromatic heterocycles. The van der Waals surface area contributed by atoms with Gasteiger partial charge in [-0.2, -0.15) is 0 Å². The molecule has 0 amide bonds. The molecule has 0 heterocycles. The summed E-state index contributed by atoms with van der Waals surface area (Å²) in [6.07, 6.45) is 4.18. The monoisotopic (exact) mass is 394 g/mol. The van der Waals surface area contributed by atoms with Crippen molar-refractivity contribution < 1.29 is 32.9 Å². The number of hydrogen-bond donors (Lipinski definition) is 2. The van der Waals surface area contributed by atoms with Crippen molar-refractivity contribution in [1.82, 2.24) is 0 Å². The van der Waals surface area contributed by atoms with Crippen LogP contribution in [0.1, 0.15) is 59.8 Å². The lowest BCUT2D eigenvalue weighted by Gasteiger charge is -2.43. The summed E-state index contributed by atoms with van der Waals surface area (Å²) in [6.45, 7) is 15.2. The Kier molecular flexibility index (Phi) is 12.3. The number of carbonyl (C=O) groups is 1. The fourth-order valence-electron chi connectivity index (χ4n) is 3.41. The molecule has 0 bridgehead atoms. The number of ether oxygens (including phenoxy) is 1. The number of carbonyl (C=O) groups excluding carboxylic acids is 1. The van der Waals surface area contributed by atoms with Gasteiger partial charge in [0.2, 0.25) is 0 Å². The predicted molar refractivity (Wildman–Crippen MR) is 103 cm³/mol. The molecule has 0 spiro atoms. The van der Waals surface area contributed by atoms with Crippen molar-refractivity contribution >= 4 is 13.8 Å². The summed E-state index contributed by atoms with van der Waals surface area (Å²) >= 11 is 0. The van der Waals surface area contributed by atoms with Gasteiger partial charge in [0.15, 0.2) is 0 Å². The van der Waals surface area contributed by atoms with E-state index in [1.165, 1.54) is 0 Å². The number of esters is 1. The summed E-state index contributed by atoms with van der Waals surface area (Å²) in [5.74, 6) is -0.350. The molecule has 2 N–H and O–H groups in total. The molecule has 7 nitrogen and oxygen atoms in total. The molecule has 0 aromatic rings. The molecule has 0 aromatic carbocycles. The van der Waals surface area contributed by atoms with E-state index >= 15 is 0 Å². The highest BCUT2D eigenvalue weighted by Crippen LogP contribution is 2.36. The minimum absolute atomic E-state index is 0.0636. The second-order valence-corrected chi connectivity index (χ2v) is 7.94. The highest BCUT2D eigenvalue weighted by atomic mass is 31.2. The van der Waals surface area contributed by atoms with Gasteiger partial charge >= 0.3 is 13.8 Å². The van der Waals surface area contributed by atoms with E-state index in [-0.39, 0.29) is 12.6 Å². The molecule has 1 unspecified atom stereocenters. The molecule has 0 aliphatic carbocycles. The van der Waals surface area contributed by atoms with E-state index in [1.54, 1.807) is 6.92 Å². The largest absolute Gasteiger partial charge is 0.469 e. The van der Waals surface area contributed by atoms with Crippen LogP contribution in [0.15, 0.2) is 12.2 Å². The van der Waals surface area contributed by atoms with Gasteiger partial charge in [0, 0.05) is 12.0 Å². The van der Waals surface area contributed by atoms with E-state index in [2.05, 4.69) is 31.9 Å². The average molecular weight is 394 g/mol. The van der Waals surface area contributed by atoms with E-state index in [4.69, 9.17) is 14.5 Å². The van der Waals surface area contributed by atoms with Crippen LogP contribution in [0.5, 0.6) is 0 Å². The Balaban J connectivity index is 4.56. The molecule has 0 saturated heterocycles. The van der Waals surface area contributed by atoms with Gasteiger partial charge in [-0.1, -0.05) is 6.58 Å². The van der Waals surface area contributed by atoms with Gasteiger partial charge < -0.3 is 19.0 Å². The van der Waals surface area contributed by atoms with Gasteiger partial charge in [-0.15, -0.1) is 0 Å². The number of unbranched alkanes of at least 4 members (excludes halogenated alkanes) is 1. The second kappa shape index (κ2) is 12.6. The molecular weight excluding hydrogens is 357 g/mol. The zero-order chi connectivity index (χ0) is 20.2. The summed E-state index contributed by atoms with van der Waals surface area (Å²) in [5.41, 5.74) is 0.409. The Morgan fingerprint density at radius 1 is 1.04 bits per heavy atom. The molecule has 0 saturated carbocycles. The number of quaternary nitrogens is 1. The first-order valence-corrected chi connectivity index (χ1v) is 11.0. The number of rotatable bonds is 15. The Morgan fingerprint density at radius 2 is 1.58 bits per heavy atom. The Hall–Kier alpha value is -0.720. The topological polar surface area (TPSA) is 93.1 Å². The smallest absolute Gasteiger partial charge is 0.462 e. The van der Waals surface area contributed by atoms with Gasteiger partial charge in [0.25, 0.3) is 0 Å². The third-order valence-corrected chi connectivity index (χ3v) is 5.64. The predicted octanol–water partition coefficient (Wildman–Crippen LogP) is 3.41. The second-order valence-electron chi connectivity index (χ2n) is 6.70. The summed E-state index contributed by atoms with van der Waals surface area (Å²) in [6, 6.07) is 0.396. The Labute approximate surface area is 158 Å². The Morgan fingerprint density at radius 3 is 2.04 bits per heavy atom. The van der Waals surface area contributed by atoms with E-state index in [0.717, 1.165) is 49.8 Å². The van der Waals surface area contributed by atoms with Crippen LogP contribution < -0.4 is 0 Å². The molecule has 0 aliphatic rings. The van der Waals surface area contributed by atoms with Crippen molar-refractivity contribution in [3.63, 3.8) is 0 Å². The summed E-state index contributed by atoms with van der Waals surface area (Å²) in [4.78, 5) is 29.0. The van der Waals surface area contributed by atoms with Gasteiger partial charge in [-0.25, -0.2) is 9.36 Å². The number of nitrogens with zero attached hydrogens (tertiary/aromatic N) is 1. The molecule has 0 radical (unpaired) electrons. The van der Waals surface area contributed by atoms with Crippen LogP contribution in [-0.4, -0.2) is 59.1 Å². The SMILES string of the molecule is C=C(C)C(=O)OCCCCC(CCCOP(=O)(O)O)[N+](CC)(CC)CC. The van der Waals surface area contributed by atoms with Crippen molar-refractivity contribution in [2.24, 2.45) is 0 Å². The number of phosphoric ester groups is 1. The quantitative estimate of drug-likeness (QED) is 0.145. The molecule has 26 heavy (non-hydrogen) atoms. The normalized spacial score (nSPS) is 13.5. The molecule has 0 aliphatic heterocycles. The van der Waals surface area contributed by atoms with Gasteiger partial charge in [0.1, 0.15) is 0 Å². The Bertz CT molecular complexity index is 464. The maximum Gasteiger partial charge on any atom is 0.469 e. The van der Waals surface area contributed by atoms with Gasteiger partial charge in [-0.05, 0) is 53.4 Å². The molecule has 0 fully saturated rings. The summed E-state index contributed by atoms with van der Waals surface area (Å²) in [5, 5.41) is 0. The third kappa shape index (κ3) is 9.83. The molecule has 0 rings (SSSR count). The minimum Gasteiger partial charge on any atom is -0.462 e. The van der Waals surface area contributed by atoms with Crippen LogP contribution in [0.25, 0.3) is 0 Å². The number of phosphoric acid groups is 1. The van der Waals surface area contributed by atoms with Crippen molar-refractivity contribution in [2.75, 3.05) is 32.8 Å². The van der Waals surface area contributed by atoms with Gasteiger partial charge in [0.05, 0.1) is 38.9 Å². The first-order valence-electron chi connectivity index (χ1n) is 9.50. The lowest BCUT2D eigenvalue weighted by Crippen LogP contribution is -2.55. The van der Waals surface area contributed by atoms with Crippen molar-refractivity contribution in [1.29, 1.82) is 0 Å². The van der Waals surface area contributed by atoms with E-state index in [0.29, 0.717) is 24.6 Å². The van der Waals surface area contributed by atoms with Crippen LogP contribution in [0, 0.1) is 0 Å². The number of hydrogen-bond acceptors (Lipinski definition) is 4. The fraction of sp³-hybridized carbons (Fsp3) is 0.833. The fourth-order valence-corrected chi connectivity index (χ4v) is 3.78. The molecular formula is C18H37NO6P+. The highest BCUT2D eigenvalue weighted by molar-refractivity contribution is 7.46. The summed E-state index contributed by atoms with van der Waals surface area (Å²) in [7, 11) is -4.40. The van der Waals surface area contributed by atoms with Crippen molar-refractivity contribution in [2.45, 2.75) is 65.8 Å². The lowest BCUT2D eigenvalue weighted by molar-refractivity contribution is -0.947. The van der Waals surface area contributed by atoms with Gasteiger partial charge in [-0.3, -0.25) is 4.52 Å². The highest BCUT2D eigenvalue weighted by Gasteiger charge is 2.31.